The maximum Gasteiger partial charge on any atom is 0.271 e. The quantitative estimate of drug-likeness (QED) is 0.496. The Morgan fingerprint density at radius 3 is 2.94 bits per heavy atom. The summed E-state index contributed by atoms with van der Waals surface area (Å²) in [6, 6.07) is 5.11. The Morgan fingerprint density at radius 2 is 2.35 bits per heavy atom. The van der Waals surface area contributed by atoms with Crippen LogP contribution in [-0.2, 0) is 0 Å². The molecule has 1 aromatic rings. The number of nitrogens with zero attached hydrogens (tertiary/aromatic N) is 2. The minimum atomic E-state index is -0.421. The van der Waals surface area contributed by atoms with Gasteiger partial charge in [0.25, 0.3) is 5.69 Å². The van der Waals surface area contributed by atoms with Crippen molar-refractivity contribution in [3.63, 3.8) is 0 Å². The van der Waals surface area contributed by atoms with Gasteiger partial charge in [0.1, 0.15) is 0 Å². The molecule has 1 fully saturated rings. The van der Waals surface area contributed by atoms with Gasteiger partial charge in [-0.15, -0.1) is 0 Å². The number of thioether (sulfide) groups is 1. The lowest BCUT2D eigenvalue weighted by atomic mass is 10.2. The number of hydrogen-bond donors (Lipinski definition) is 1. The van der Waals surface area contributed by atoms with Gasteiger partial charge in [-0.1, -0.05) is 0 Å². The molecule has 0 bridgehead atoms. The number of nitro benzene ring substituents is 1. The van der Waals surface area contributed by atoms with Crippen LogP contribution in [0.4, 0.5) is 17.1 Å². The molecular weight excluding hydrogens is 238 g/mol. The van der Waals surface area contributed by atoms with Crippen LogP contribution in [0.3, 0.4) is 0 Å². The summed E-state index contributed by atoms with van der Waals surface area (Å²) in [5.74, 6) is 2.14. The summed E-state index contributed by atoms with van der Waals surface area (Å²) in [4.78, 5) is 12.4. The number of benzene rings is 1. The molecule has 0 aromatic heterocycles. The SMILES string of the molecule is CC1CSCCN1c1ccc([N+](=O)[O-])cc1N. The molecule has 5 nitrogen and oxygen atoms in total. The first-order valence-corrected chi connectivity index (χ1v) is 6.63. The maximum absolute atomic E-state index is 10.6. The maximum atomic E-state index is 10.6. The van der Waals surface area contributed by atoms with Crippen molar-refractivity contribution in [1.29, 1.82) is 0 Å². The fraction of sp³-hybridized carbons (Fsp3) is 0.455. The van der Waals surface area contributed by atoms with Gasteiger partial charge in [-0.25, -0.2) is 0 Å². The lowest BCUT2D eigenvalue weighted by Gasteiger charge is -2.35. The van der Waals surface area contributed by atoms with Crippen molar-refractivity contribution in [2.24, 2.45) is 0 Å². The number of nitro groups is 1. The van der Waals surface area contributed by atoms with E-state index < -0.39 is 4.92 Å². The Balaban J connectivity index is 2.29. The molecule has 1 heterocycles. The number of hydrogen-bond acceptors (Lipinski definition) is 5. The third-order valence-corrected chi connectivity index (χ3v) is 4.09. The van der Waals surface area contributed by atoms with Gasteiger partial charge in [0.05, 0.1) is 16.3 Å². The first kappa shape index (κ1) is 12.0. The van der Waals surface area contributed by atoms with E-state index in [1.807, 2.05) is 11.8 Å². The van der Waals surface area contributed by atoms with Crippen molar-refractivity contribution < 1.29 is 4.92 Å². The molecule has 0 aliphatic carbocycles. The van der Waals surface area contributed by atoms with Crippen LogP contribution >= 0.6 is 11.8 Å². The van der Waals surface area contributed by atoms with Crippen molar-refractivity contribution in [3.8, 4) is 0 Å². The Morgan fingerprint density at radius 1 is 1.59 bits per heavy atom. The molecule has 1 aliphatic rings. The van der Waals surface area contributed by atoms with E-state index in [9.17, 15) is 10.1 Å². The zero-order chi connectivity index (χ0) is 12.4. The van der Waals surface area contributed by atoms with Gasteiger partial charge in [0.2, 0.25) is 0 Å². The lowest BCUT2D eigenvalue weighted by molar-refractivity contribution is -0.384. The van der Waals surface area contributed by atoms with Gasteiger partial charge in [0.15, 0.2) is 0 Å². The predicted octanol–water partition coefficient (Wildman–Crippen LogP) is 2.12. The highest BCUT2D eigenvalue weighted by Gasteiger charge is 2.21. The highest BCUT2D eigenvalue weighted by molar-refractivity contribution is 7.99. The summed E-state index contributed by atoms with van der Waals surface area (Å²) in [6.07, 6.45) is 0. The molecule has 0 spiro atoms. The van der Waals surface area contributed by atoms with Gasteiger partial charge < -0.3 is 10.6 Å². The number of nitrogens with two attached hydrogens (primary N) is 1. The highest BCUT2D eigenvalue weighted by atomic mass is 32.2. The van der Waals surface area contributed by atoms with Crippen LogP contribution in [0.5, 0.6) is 0 Å². The van der Waals surface area contributed by atoms with Crippen LogP contribution in [0.2, 0.25) is 0 Å². The third kappa shape index (κ3) is 2.46. The lowest BCUT2D eigenvalue weighted by Crippen LogP contribution is -2.40. The number of rotatable bonds is 2. The van der Waals surface area contributed by atoms with Crippen LogP contribution in [0.1, 0.15) is 6.92 Å². The van der Waals surface area contributed by atoms with Gasteiger partial charge in [-0.05, 0) is 13.0 Å². The zero-order valence-corrected chi connectivity index (χ0v) is 10.4. The van der Waals surface area contributed by atoms with E-state index >= 15 is 0 Å². The minimum Gasteiger partial charge on any atom is -0.397 e. The molecule has 1 saturated heterocycles. The van der Waals surface area contributed by atoms with Crippen molar-refractivity contribution in [2.75, 3.05) is 28.7 Å². The van der Waals surface area contributed by atoms with Crippen molar-refractivity contribution in [2.45, 2.75) is 13.0 Å². The third-order valence-electron chi connectivity index (χ3n) is 2.90. The van der Waals surface area contributed by atoms with Crippen molar-refractivity contribution >= 4 is 28.8 Å². The van der Waals surface area contributed by atoms with Crippen LogP contribution < -0.4 is 10.6 Å². The molecule has 2 rings (SSSR count). The number of non-ortho nitro benzene ring substituents is 1. The summed E-state index contributed by atoms with van der Waals surface area (Å²) >= 11 is 1.92. The molecule has 0 amide bonds. The van der Waals surface area contributed by atoms with Crippen LogP contribution in [0, 0.1) is 10.1 Å². The molecule has 0 radical (unpaired) electrons. The second kappa shape index (κ2) is 4.83. The van der Waals surface area contributed by atoms with E-state index in [1.165, 1.54) is 12.1 Å². The molecule has 1 atom stereocenters. The second-order valence-corrected chi connectivity index (χ2v) is 5.27. The molecule has 6 heteroatoms. The average Bonchev–Trinajstić information content (AvgIpc) is 2.30. The highest BCUT2D eigenvalue weighted by Crippen LogP contribution is 2.31. The summed E-state index contributed by atoms with van der Waals surface area (Å²) in [5.41, 5.74) is 7.34. The van der Waals surface area contributed by atoms with Crippen molar-refractivity contribution in [3.05, 3.63) is 28.3 Å². The second-order valence-electron chi connectivity index (χ2n) is 4.12. The fourth-order valence-corrected chi connectivity index (χ4v) is 3.02. The summed E-state index contributed by atoms with van der Waals surface area (Å²) in [5, 5.41) is 10.6. The molecule has 17 heavy (non-hydrogen) atoms. The average molecular weight is 253 g/mol. The van der Waals surface area contributed by atoms with Crippen molar-refractivity contribution in [1.82, 2.24) is 0 Å². The minimum absolute atomic E-state index is 0.0466. The monoisotopic (exact) mass is 253 g/mol. The van der Waals surface area contributed by atoms with Gasteiger partial charge in [-0.3, -0.25) is 10.1 Å². The first-order valence-electron chi connectivity index (χ1n) is 5.48. The fourth-order valence-electron chi connectivity index (χ4n) is 2.00. The Labute approximate surface area is 104 Å². The predicted molar refractivity (Wildman–Crippen MR) is 71.6 cm³/mol. The Hall–Kier alpha value is -1.43. The molecule has 1 aliphatic heterocycles. The molecule has 1 aromatic carbocycles. The van der Waals surface area contributed by atoms with Crippen LogP contribution in [-0.4, -0.2) is 29.0 Å². The van der Waals surface area contributed by atoms with Crippen LogP contribution in [0.15, 0.2) is 18.2 Å². The van der Waals surface area contributed by atoms with E-state index in [0.717, 1.165) is 23.7 Å². The summed E-state index contributed by atoms with van der Waals surface area (Å²) in [7, 11) is 0. The Kier molecular flexibility index (Phi) is 3.42. The summed E-state index contributed by atoms with van der Waals surface area (Å²) in [6.45, 7) is 3.08. The van der Waals surface area contributed by atoms with Crippen LogP contribution in [0.25, 0.3) is 0 Å². The van der Waals surface area contributed by atoms with E-state index in [4.69, 9.17) is 5.73 Å². The smallest absolute Gasteiger partial charge is 0.271 e. The first-order chi connectivity index (χ1) is 8.09. The van der Waals surface area contributed by atoms with E-state index in [0.29, 0.717) is 11.7 Å². The topological polar surface area (TPSA) is 72.4 Å². The normalized spacial score (nSPS) is 20.3. The van der Waals surface area contributed by atoms with E-state index in [-0.39, 0.29) is 5.69 Å². The largest absolute Gasteiger partial charge is 0.397 e. The summed E-state index contributed by atoms with van der Waals surface area (Å²) < 4.78 is 0. The Bertz CT molecular complexity index is 439. The molecule has 2 N–H and O–H groups in total. The van der Waals surface area contributed by atoms with E-state index in [2.05, 4.69) is 11.8 Å². The zero-order valence-electron chi connectivity index (χ0n) is 9.63. The standard InChI is InChI=1S/C11H15N3O2S/c1-8-7-17-5-4-13(8)11-3-2-9(14(15)16)6-10(11)12/h2-3,6,8H,4-5,7,12H2,1H3. The molecule has 0 saturated carbocycles. The van der Waals surface area contributed by atoms with E-state index in [1.54, 1.807) is 6.07 Å². The molecule has 1 unspecified atom stereocenters. The van der Waals surface area contributed by atoms with Gasteiger partial charge in [0, 0.05) is 36.2 Å². The number of anilines is 2. The van der Waals surface area contributed by atoms with Gasteiger partial charge in [-0.2, -0.15) is 11.8 Å². The molecular formula is C11H15N3O2S. The molecule has 92 valence electrons. The number of nitrogen functional groups attached to an aromatic ring is 1. The van der Waals surface area contributed by atoms with Gasteiger partial charge >= 0.3 is 0 Å².